The van der Waals surface area contributed by atoms with Crippen LogP contribution in [0.25, 0.3) is 0 Å². The van der Waals surface area contributed by atoms with E-state index in [4.69, 9.17) is 0 Å². The zero-order chi connectivity index (χ0) is 13.9. The number of rotatable bonds is 4. The third kappa shape index (κ3) is 3.58. The molecule has 100 valence electrons. The number of sulfonamides is 1. The maximum atomic E-state index is 12.1. The van der Waals surface area contributed by atoms with Crippen LogP contribution in [0.5, 0.6) is 0 Å². The van der Waals surface area contributed by atoms with Gasteiger partial charge in [0.05, 0.1) is 4.90 Å². The fraction of sp³-hybridized carbons (Fsp3) is 0.143. The van der Waals surface area contributed by atoms with Gasteiger partial charge in [-0.1, -0.05) is 35.0 Å². The summed E-state index contributed by atoms with van der Waals surface area (Å²) in [5.41, 5.74) is 1.74. The molecule has 0 aromatic heterocycles. The van der Waals surface area contributed by atoms with Crippen molar-refractivity contribution in [2.24, 2.45) is 0 Å². The number of aryl methyl sites for hydroxylation is 1. The first kappa shape index (κ1) is 14.1. The molecule has 2 aromatic carbocycles. The summed E-state index contributed by atoms with van der Waals surface area (Å²) in [6.07, 6.45) is 0.930. The van der Waals surface area contributed by atoms with Gasteiger partial charge in [-0.2, -0.15) is 0 Å². The van der Waals surface area contributed by atoms with Crippen LogP contribution < -0.4 is 4.72 Å². The molecule has 0 bridgehead atoms. The van der Waals surface area contributed by atoms with Gasteiger partial charge < -0.3 is 0 Å². The van der Waals surface area contributed by atoms with E-state index in [1.54, 1.807) is 36.4 Å². The molecule has 1 N–H and O–H groups in total. The van der Waals surface area contributed by atoms with Crippen molar-refractivity contribution in [3.05, 3.63) is 58.6 Å². The molecule has 0 saturated carbocycles. The molecule has 2 rings (SSSR count). The number of hydrogen-bond donors (Lipinski definition) is 1. The summed E-state index contributed by atoms with van der Waals surface area (Å²) in [5, 5.41) is 0. The molecule has 0 fully saturated rings. The molecule has 19 heavy (non-hydrogen) atoms. The maximum absolute atomic E-state index is 12.1. The minimum Gasteiger partial charge on any atom is -0.280 e. The Morgan fingerprint density at radius 2 is 1.58 bits per heavy atom. The molecule has 0 aliphatic rings. The maximum Gasteiger partial charge on any atom is 0.261 e. The van der Waals surface area contributed by atoms with Gasteiger partial charge in [0.1, 0.15) is 0 Å². The highest BCUT2D eigenvalue weighted by Crippen LogP contribution is 2.19. The zero-order valence-corrected chi connectivity index (χ0v) is 12.8. The van der Waals surface area contributed by atoms with Crippen LogP contribution in [0.3, 0.4) is 0 Å². The largest absolute Gasteiger partial charge is 0.280 e. The summed E-state index contributed by atoms with van der Waals surface area (Å²) in [4.78, 5) is 0.246. The summed E-state index contributed by atoms with van der Waals surface area (Å²) in [7, 11) is -3.52. The monoisotopic (exact) mass is 339 g/mol. The van der Waals surface area contributed by atoms with Crippen molar-refractivity contribution in [2.75, 3.05) is 4.72 Å². The smallest absolute Gasteiger partial charge is 0.261 e. The number of hydrogen-bond acceptors (Lipinski definition) is 2. The van der Waals surface area contributed by atoms with Gasteiger partial charge in [-0.05, 0) is 48.4 Å². The fourth-order valence-electron chi connectivity index (χ4n) is 1.64. The van der Waals surface area contributed by atoms with Gasteiger partial charge >= 0.3 is 0 Å². The first-order chi connectivity index (χ1) is 9.01. The van der Waals surface area contributed by atoms with Crippen LogP contribution >= 0.6 is 15.9 Å². The van der Waals surface area contributed by atoms with Crippen LogP contribution in [-0.2, 0) is 16.4 Å². The standard InChI is InChI=1S/C14H14BrNO2S/c1-2-11-3-7-13(8-4-11)16-19(17,18)14-9-5-12(15)6-10-14/h3-10,16H,2H2,1H3. The molecule has 0 aliphatic heterocycles. The van der Waals surface area contributed by atoms with Crippen molar-refractivity contribution in [1.29, 1.82) is 0 Å². The molecule has 0 atom stereocenters. The minimum absolute atomic E-state index is 0.246. The molecule has 0 radical (unpaired) electrons. The molecule has 3 nitrogen and oxygen atoms in total. The number of halogens is 1. The van der Waals surface area contributed by atoms with Crippen LogP contribution in [-0.4, -0.2) is 8.42 Å². The van der Waals surface area contributed by atoms with Crippen molar-refractivity contribution in [2.45, 2.75) is 18.2 Å². The Morgan fingerprint density at radius 1 is 1.00 bits per heavy atom. The lowest BCUT2D eigenvalue weighted by atomic mass is 10.2. The van der Waals surface area contributed by atoms with Crippen LogP contribution in [0.2, 0.25) is 0 Å². The number of anilines is 1. The first-order valence-corrected chi connectivity index (χ1v) is 8.16. The second-order valence-corrected chi connectivity index (χ2v) is 6.71. The van der Waals surface area contributed by atoms with Gasteiger partial charge in [0.25, 0.3) is 10.0 Å². The summed E-state index contributed by atoms with van der Waals surface area (Å²) in [6.45, 7) is 2.06. The molecule has 0 amide bonds. The minimum atomic E-state index is -3.52. The summed E-state index contributed by atoms with van der Waals surface area (Å²) < 4.78 is 27.7. The van der Waals surface area contributed by atoms with Crippen LogP contribution in [0.4, 0.5) is 5.69 Å². The van der Waals surface area contributed by atoms with Crippen LogP contribution in [0.15, 0.2) is 57.9 Å². The molecular weight excluding hydrogens is 326 g/mol. The summed E-state index contributed by atoms with van der Waals surface area (Å²) >= 11 is 3.28. The van der Waals surface area contributed by atoms with E-state index in [9.17, 15) is 8.42 Å². The van der Waals surface area contributed by atoms with Gasteiger partial charge in [0.15, 0.2) is 0 Å². The lowest BCUT2D eigenvalue weighted by Gasteiger charge is -2.08. The molecule has 0 aliphatic carbocycles. The van der Waals surface area contributed by atoms with E-state index < -0.39 is 10.0 Å². The van der Waals surface area contributed by atoms with Crippen LogP contribution in [0, 0.1) is 0 Å². The van der Waals surface area contributed by atoms with Crippen LogP contribution in [0.1, 0.15) is 12.5 Å². The van der Waals surface area contributed by atoms with Crippen molar-refractivity contribution in [3.8, 4) is 0 Å². The molecular formula is C14H14BrNO2S. The van der Waals surface area contributed by atoms with Gasteiger partial charge in [0.2, 0.25) is 0 Å². The highest BCUT2D eigenvalue weighted by atomic mass is 79.9. The Morgan fingerprint density at radius 3 is 2.11 bits per heavy atom. The average molecular weight is 340 g/mol. The lowest BCUT2D eigenvalue weighted by molar-refractivity contribution is 0.601. The third-order valence-corrected chi connectivity index (χ3v) is 4.66. The normalized spacial score (nSPS) is 11.3. The average Bonchev–Trinajstić information content (AvgIpc) is 2.40. The lowest BCUT2D eigenvalue weighted by Crippen LogP contribution is -2.12. The van der Waals surface area contributed by atoms with Crippen molar-refractivity contribution in [1.82, 2.24) is 0 Å². The third-order valence-electron chi connectivity index (χ3n) is 2.74. The fourth-order valence-corrected chi connectivity index (χ4v) is 2.96. The Bertz CT molecular complexity index is 649. The molecule has 0 heterocycles. The van der Waals surface area contributed by atoms with Crippen molar-refractivity contribution >= 4 is 31.6 Å². The summed E-state index contributed by atoms with van der Waals surface area (Å²) in [5.74, 6) is 0. The Labute approximate surface area is 121 Å². The Balaban J connectivity index is 2.23. The Kier molecular flexibility index (Phi) is 4.27. The second kappa shape index (κ2) is 5.75. The van der Waals surface area contributed by atoms with E-state index in [2.05, 4.69) is 27.6 Å². The quantitative estimate of drug-likeness (QED) is 0.920. The van der Waals surface area contributed by atoms with Gasteiger partial charge in [-0.25, -0.2) is 8.42 Å². The first-order valence-electron chi connectivity index (χ1n) is 5.88. The zero-order valence-electron chi connectivity index (χ0n) is 10.4. The number of nitrogens with one attached hydrogen (secondary N) is 1. The van der Waals surface area contributed by atoms with E-state index in [1.165, 1.54) is 5.56 Å². The van der Waals surface area contributed by atoms with Crippen molar-refractivity contribution < 1.29 is 8.42 Å². The van der Waals surface area contributed by atoms with Gasteiger partial charge in [-0.3, -0.25) is 4.72 Å². The second-order valence-electron chi connectivity index (χ2n) is 4.11. The van der Waals surface area contributed by atoms with E-state index >= 15 is 0 Å². The summed E-state index contributed by atoms with van der Waals surface area (Å²) in [6, 6.07) is 13.9. The molecule has 0 unspecified atom stereocenters. The van der Waals surface area contributed by atoms with E-state index in [1.807, 2.05) is 12.1 Å². The predicted molar refractivity (Wildman–Crippen MR) is 80.8 cm³/mol. The number of benzene rings is 2. The predicted octanol–water partition coefficient (Wildman–Crippen LogP) is 3.81. The van der Waals surface area contributed by atoms with Crippen molar-refractivity contribution in [3.63, 3.8) is 0 Å². The molecule has 0 saturated heterocycles. The highest BCUT2D eigenvalue weighted by Gasteiger charge is 2.13. The van der Waals surface area contributed by atoms with E-state index in [-0.39, 0.29) is 4.90 Å². The molecule has 0 spiro atoms. The van der Waals surface area contributed by atoms with Gasteiger partial charge in [0, 0.05) is 10.2 Å². The van der Waals surface area contributed by atoms with Gasteiger partial charge in [-0.15, -0.1) is 0 Å². The molecule has 5 heteroatoms. The highest BCUT2D eigenvalue weighted by molar-refractivity contribution is 9.10. The van der Waals surface area contributed by atoms with E-state index in [0.29, 0.717) is 5.69 Å². The topological polar surface area (TPSA) is 46.2 Å². The molecule has 2 aromatic rings. The van der Waals surface area contributed by atoms with E-state index in [0.717, 1.165) is 10.9 Å². The Hall–Kier alpha value is -1.33. The SMILES string of the molecule is CCc1ccc(NS(=O)(=O)c2ccc(Br)cc2)cc1.